The molecule has 1 atom stereocenters. The van der Waals surface area contributed by atoms with E-state index in [9.17, 15) is 0 Å². The summed E-state index contributed by atoms with van der Waals surface area (Å²) in [6, 6.07) is 4.82. The van der Waals surface area contributed by atoms with Gasteiger partial charge in [-0.05, 0) is 50.4 Å². The van der Waals surface area contributed by atoms with Crippen molar-refractivity contribution in [2.45, 2.75) is 39.2 Å². The molecule has 0 aliphatic carbocycles. The van der Waals surface area contributed by atoms with Gasteiger partial charge in [0, 0.05) is 18.4 Å². The molecule has 0 aromatic carbocycles. The molecule has 0 fully saturated rings. The molecule has 0 radical (unpaired) electrons. The Morgan fingerprint density at radius 2 is 2.07 bits per heavy atom. The van der Waals surface area contributed by atoms with E-state index >= 15 is 0 Å². The number of aryl methyl sites for hydroxylation is 1. The average Bonchev–Trinajstić information content (AvgIpc) is 2.25. The molecule has 0 spiro atoms. The number of hydrogen-bond acceptors (Lipinski definition) is 2. The highest BCUT2D eigenvalue weighted by molar-refractivity contribution is 5.09. The fourth-order valence-electron chi connectivity index (χ4n) is 1.33. The predicted octanol–water partition coefficient (Wildman–Crippen LogP) is 2.40. The van der Waals surface area contributed by atoms with Crippen LogP contribution in [0.5, 0.6) is 0 Å². The molecular formula is C12H20N2. The molecule has 0 saturated heterocycles. The van der Waals surface area contributed by atoms with Crippen LogP contribution in [0.3, 0.4) is 0 Å². The third-order valence-electron chi connectivity index (χ3n) is 2.50. The Morgan fingerprint density at radius 3 is 2.71 bits per heavy atom. The third kappa shape index (κ3) is 4.38. The average molecular weight is 192 g/mol. The second kappa shape index (κ2) is 6.55. The highest BCUT2D eigenvalue weighted by atomic mass is 14.9. The maximum atomic E-state index is 4.00. The van der Waals surface area contributed by atoms with Crippen molar-refractivity contribution in [1.29, 1.82) is 0 Å². The summed E-state index contributed by atoms with van der Waals surface area (Å²) in [5.41, 5.74) is 1.38. The molecular weight excluding hydrogens is 172 g/mol. The zero-order valence-electron chi connectivity index (χ0n) is 9.16. The topological polar surface area (TPSA) is 24.9 Å². The quantitative estimate of drug-likeness (QED) is 0.700. The number of nitrogens with zero attached hydrogens (tertiary/aromatic N) is 1. The normalized spacial score (nSPS) is 12.7. The molecule has 2 heteroatoms. The van der Waals surface area contributed by atoms with E-state index in [1.807, 2.05) is 12.4 Å². The molecule has 0 aliphatic heterocycles. The van der Waals surface area contributed by atoms with Gasteiger partial charge in [0.2, 0.25) is 0 Å². The number of rotatable bonds is 6. The first-order chi connectivity index (χ1) is 6.83. The van der Waals surface area contributed by atoms with Gasteiger partial charge in [0.15, 0.2) is 0 Å². The van der Waals surface area contributed by atoms with Crippen molar-refractivity contribution in [3.8, 4) is 0 Å². The SMILES string of the molecule is CCC(C)NCCCc1ccncc1. The molecule has 14 heavy (non-hydrogen) atoms. The van der Waals surface area contributed by atoms with E-state index in [4.69, 9.17) is 0 Å². The summed E-state index contributed by atoms with van der Waals surface area (Å²) in [6.07, 6.45) is 7.27. The van der Waals surface area contributed by atoms with Crippen molar-refractivity contribution in [2.75, 3.05) is 6.54 Å². The van der Waals surface area contributed by atoms with Gasteiger partial charge in [-0.25, -0.2) is 0 Å². The van der Waals surface area contributed by atoms with Gasteiger partial charge >= 0.3 is 0 Å². The van der Waals surface area contributed by atoms with Gasteiger partial charge in [0.05, 0.1) is 0 Å². The molecule has 1 heterocycles. The fourth-order valence-corrected chi connectivity index (χ4v) is 1.33. The van der Waals surface area contributed by atoms with E-state index in [0.717, 1.165) is 13.0 Å². The first-order valence-corrected chi connectivity index (χ1v) is 5.45. The molecule has 0 aliphatic rings. The van der Waals surface area contributed by atoms with Gasteiger partial charge in [-0.1, -0.05) is 6.92 Å². The van der Waals surface area contributed by atoms with Crippen LogP contribution in [0.15, 0.2) is 24.5 Å². The smallest absolute Gasteiger partial charge is 0.0270 e. The van der Waals surface area contributed by atoms with Crippen LogP contribution in [-0.4, -0.2) is 17.6 Å². The minimum Gasteiger partial charge on any atom is -0.314 e. The molecule has 1 aromatic heterocycles. The number of nitrogens with one attached hydrogen (secondary N) is 1. The zero-order valence-corrected chi connectivity index (χ0v) is 9.16. The first-order valence-electron chi connectivity index (χ1n) is 5.45. The molecule has 1 rings (SSSR count). The van der Waals surface area contributed by atoms with Gasteiger partial charge in [0.25, 0.3) is 0 Å². The third-order valence-corrected chi connectivity index (χ3v) is 2.50. The summed E-state index contributed by atoms with van der Waals surface area (Å²) < 4.78 is 0. The molecule has 78 valence electrons. The van der Waals surface area contributed by atoms with Gasteiger partial charge in [-0.15, -0.1) is 0 Å². The van der Waals surface area contributed by atoms with E-state index in [1.165, 1.54) is 18.4 Å². The maximum Gasteiger partial charge on any atom is 0.0270 e. The van der Waals surface area contributed by atoms with Crippen molar-refractivity contribution in [2.24, 2.45) is 0 Å². The highest BCUT2D eigenvalue weighted by Gasteiger charge is 1.96. The lowest BCUT2D eigenvalue weighted by molar-refractivity contribution is 0.524. The number of pyridine rings is 1. The maximum absolute atomic E-state index is 4.00. The minimum atomic E-state index is 0.646. The Bertz CT molecular complexity index is 233. The molecule has 1 aromatic rings. The molecule has 1 unspecified atom stereocenters. The van der Waals surface area contributed by atoms with Crippen LogP contribution in [0.4, 0.5) is 0 Å². The lowest BCUT2D eigenvalue weighted by Gasteiger charge is -2.10. The van der Waals surface area contributed by atoms with Crippen molar-refractivity contribution in [3.05, 3.63) is 30.1 Å². The van der Waals surface area contributed by atoms with Crippen LogP contribution in [0.2, 0.25) is 0 Å². The number of aromatic nitrogens is 1. The fraction of sp³-hybridized carbons (Fsp3) is 0.583. The second-order valence-corrected chi connectivity index (χ2v) is 3.72. The summed E-state index contributed by atoms with van der Waals surface area (Å²) >= 11 is 0. The summed E-state index contributed by atoms with van der Waals surface area (Å²) in [7, 11) is 0. The molecule has 1 N–H and O–H groups in total. The monoisotopic (exact) mass is 192 g/mol. The molecule has 0 amide bonds. The first kappa shape index (κ1) is 11.2. The van der Waals surface area contributed by atoms with Gasteiger partial charge in [0.1, 0.15) is 0 Å². The minimum absolute atomic E-state index is 0.646. The Morgan fingerprint density at radius 1 is 1.36 bits per heavy atom. The van der Waals surface area contributed by atoms with Crippen molar-refractivity contribution < 1.29 is 0 Å². The molecule has 0 saturated carbocycles. The van der Waals surface area contributed by atoms with Crippen LogP contribution in [0, 0.1) is 0 Å². The van der Waals surface area contributed by atoms with Crippen LogP contribution in [0.25, 0.3) is 0 Å². The summed E-state index contributed by atoms with van der Waals surface area (Å²) in [5, 5.41) is 3.49. The van der Waals surface area contributed by atoms with E-state index in [0.29, 0.717) is 6.04 Å². The van der Waals surface area contributed by atoms with E-state index in [2.05, 4.69) is 36.3 Å². The summed E-state index contributed by atoms with van der Waals surface area (Å²) in [6.45, 7) is 5.55. The zero-order chi connectivity index (χ0) is 10.2. The van der Waals surface area contributed by atoms with Crippen molar-refractivity contribution >= 4 is 0 Å². The van der Waals surface area contributed by atoms with Gasteiger partial charge in [-0.2, -0.15) is 0 Å². The lowest BCUT2D eigenvalue weighted by Crippen LogP contribution is -2.26. The van der Waals surface area contributed by atoms with Gasteiger partial charge in [-0.3, -0.25) is 4.98 Å². The highest BCUT2D eigenvalue weighted by Crippen LogP contribution is 2.00. The van der Waals surface area contributed by atoms with Crippen LogP contribution in [-0.2, 0) is 6.42 Å². The van der Waals surface area contributed by atoms with Crippen LogP contribution < -0.4 is 5.32 Å². The Labute approximate surface area is 86.8 Å². The van der Waals surface area contributed by atoms with Crippen molar-refractivity contribution in [1.82, 2.24) is 10.3 Å². The predicted molar refractivity (Wildman–Crippen MR) is 60.3 cm³/mol. The lowest BCUT2D eigenvalue weighted by atomic mass is 10.1. The Balaban J connectivity index is 2.10. The Hall–Kier alpha value is -0.890. The summed E-state index contributed by atoms with van der Waals surface area (Å²) in [5.74, 6) is 0. The van der Waals surface area contributed by atoms with Gasteiger partial charge < -0.3 is 5.32 Å². The number of hydrogen-bond donors (Lipinski definition) is 1. The van der Waals surface area contributed by atoms with Crippen LogP contribution in [0.1, 0.15) is 32.3 Å². The van der Waals surface area contributed by atoms with E-state index in [-0.39, 0.29) is 0 Å². The second-order valence-electron chi connectivity index (χ2n) is 3.72. The van der Waals surface area contributed by atoms with E-state index < -0.39 is 0 Å². The van der Waals surface area contributed by atoms with E-state index in [1.54, 1.807) is 0 Å². The summed E-state index contributed by atoms with van der Waals surface area (Å²) in [4.78, 5) is 4.00. The van der Waals surface area contributed by atoms with Crippen molar-refractivity contribution in [3.63, 3.8) is 0 Å². The molecule has 2 nitrogen and oxygen atoms in total. The largest absolute Gasteiger partial charge is 0.314 e. The standard InChI is InChI=1S/C12H20N2/c1-3-11(2)14-8-4-5-12-6-9-13-10-7-12/h6-7,9-11,14H,3-5,8H2,1-2H3. The molecule has 0 bridgehead atoms. The van der Waals surface area contributed by atoms with Crippen LogP contribution >= 0.6 is 0 Å². The Kier molecular flexibility index (Phi) is 5.23.